The summed E-state index contributed by atoms with van der Waals surface area (Å²) in [7, 11) is 0. The number of hydrogen-bond donors (Lipinski definition) is 2. The van der Waals surface area contributed by atoms with Crippen molar-refractivity contribution in [3.8, 4) is 0 Å². The lowest BCUT2D eigenvalue weighted by Crippen LogP contribution is -2.44. The molecule has 1 aliphatic rings. The summed E-state index contributed by atoms with van der Waals surface area (Å²) in [4.78, 5) is 40.2. The highest BCUT2D eigenvalue weighted by Gasteiger charge is 2.25. The summed E-state index contributed by atoms with van der Waals surface area (Å²) in [6.45, 7) is 0.499. The van der Waals surface area contributed by atoms with Crippen molar-refractivity contribution < 1.29 is 14.7 Å². The van der Waals surface area contributed by atoms with Gasteiger partial charge in [0.1, 0.15) is 11.6 Å². The molecule has 2 N–H and O–H groups in total. The second kappa shape index (κ2) is 6.88. The Kier molecular flexibility index (Phi) is 4.66. The number of thioether (sulfide) groups is 1. The summed E-state index contributed by atoms with van der Waals surface area (Å²) in [5.74, 6) is -1.14. The lowest BCUT2D eigenvalue weighted by Gasteiger charge is -2.14. The molecule has 2 aromatic rings. The van der Waals surface area contributed by atoms with E-state index in [2.05, 4.69) is 10.3 Å². The molecule has 3 rings (SSSR count). The fraction of sp³-hybridized carbons (Fsp3) is 0.250. The van der Waals surface area contributed by atoms with Crippen molar-refractivity contribution in [2.45, 2.75) is 24.2 Å². The normalized spacial score (nSPS) is 14.0. The van der Waals surface area contributed by atoms with E-state index in [9.17, 15) is 19.5 Å². The Balaban J connectivity index is 1.79. The van der Waals surface area contributed by atoms with Gasteiger partial charge in [0.2, 0.25) is 0 Å². The van der Waals surface area contributed by atoms with E-state index in [1.807, 2.05) is 6.07 Å². The number of hydrogen-bond acceptors (Lipinski definition) is 5. The first kappa shape index (κ1) is 16.3. The van der Waals surface area contributed by atoms with Crippen LogP contribution in [0.1, 0.15) is 15.9 Å². The van der Waals surface area contributed by atoms with Crippen LogP contribution in [0.4, 0.5) is 0 Å². The smallest absolute Gasteiger partial charge is 0.326 e. The molecule has 0 bridgehead atoms. The predicted octanol–water partition coefficient (Wildman–Crippen LogP) is 0.775. The van der Waals surface area contributed by atoms with Crippen molar-refractivity contribution in [3.63, 3.8) is 0 Å². The standard InChI is InChI=1S/C16H15N3O4S/c20-13(11-9-17-16-19(14(11)21)6-7-24-16)18-12(15(22)23)8-10-4-2-1-3-5-10/h1-5,9,12H,6-8H2,(H,18,20)(H,22,23)/t12-/m0/s1. The molecule has 1 aromatic heterocycles. The monoisotopic (exact) mass is 345 g/mol. The number of carboxylic acids is 1. The molecule has 7 nitrogen and oxygen atoms in total. The van der Waals surface area contributed by atoms with Crippen LogP contribution in [0.3, 0.4) is 0 Å². The molecule has 124 valence electrons. The molecule has 1 amide bonds. The van der Waals surface area contributed by atoms with Crippen molar-refractivity contribution >= 4 is 23.6 Å². The van der Waals surface area contributed by atoms with E-state index in [0.717, 1.165) is 11.3 Å². The Morgan fingerprint density at radius 3 is 2.79 bits per heavy atom. The number of carboxylic acid groups (broad SMARTS) is 1. The fourth-order valence-electron chi connectivity index (χ4n) is 2.46. The van der Waals surface area contributed by atoms with Crippen molar-refractivity contribution in [3.05, 3.63) is 58.0 Å². The predicted molar refractivity (Wildman–Crippen MR) is 88.3 cm³/mol. The Bertz CT molecular complexity index is 835. The molecule has 0 radical (unpaired) electrons. The highest BCUT2D eigenvalue weighted by molar-refractivity contribution is 7.99. The van der Waals surface area contributed by atoms with E-state index in [-0.39, 0.29) is 12.0 Å². The fourth-order valence-corrected chi connectivity index (χ4v) is 3.37. The Morgan fingerprint density at radius 1 is 1.33 bits per heavy atom. The first-order valence-electron chi connectivity index (χ1n) is 7.36. The molecular formula is C16H15N3O4S. The molecule has 0 saturated carbocycles. The Morgan fingerprint density at radius 2 is 2.08 bits per heavy atom. The van der Waals surface area contributed by atoms with Crippen LogP contribution in [0.2, 0.25) is 0 Å². The second-order valence-electron chi connectivity index (χ2n) is 5.31. The third kappa shape index (κ3) is 3.33. The zero-order chi connectivity index (χ0) is 17.1. The largest absolute Gasteiger partial charge is 0.480 e. The minimum Gasteiger partial charge on any atom is -0.480 e. The van der Waals surface area contributed by atoms with Crippen molar-refractivity contribution in [1.82, 2.24) is 14.9 Å². The topological polar surface area (TPSA) is 101 Å². The number of fused-ring (bicyclic) bond motifs is 1. The van der Waals surface area contributed by atoms with Crippen molar-refractivity contribution in [1.29, 1.82) is 0 Å². The second-order valence-corrected chi connectivity index (χ2v) is 6.38. The summed E-state index contributed by atoms with van der Waals surface area (Å²) >= 11 is 1.45. The summed E-state index contributed by atoms with van der Waals surface area (Å²) in [6.07, 6.45) is 1.35. The number of nitrogens with zero attached hydrogens (tertiary/aromatic N) is 2. The summed E-state index contributed by atoms with van der Waals surface area (Å²) in [6, 6.07) is 7.87. The van der Waals surface area contributed by atoms with Gasteiger partial charge in [0.15, 0.2) is 5.16 Å². The van der Waals surface area contributed by atoms with Crippen LogP contribution in [0.15, 0.2) is 46.5 Å². The van der Waals surface area contributed by atoms with E-state index >= 15 is 0 Å². The van der Waals surface area contributed by atoms with Crippen molar-refractivity contribution in [2.24, 2.45) is 0 Å². The van der Waals surface area contributed by atoms with Gasteiger partial charge in [0.25, 0.3) is 11.5 Å². The molecule has 0 fully saturated rings. The number of rotatable bonds is 5. The number of aliphatic carboxylic acids is 1. The van der Waals surface area contributed by atoms with Gasteiger partial charge in [-0.3, -0.25) is 14.2 Å². The highest BCUT2D eigenvalue weighted by Crippen LogP contribution is 2.20. The molecule has 0 saturated heterocycles. The van der Waals surface area contributed by atoms with E-state index in [4.69, 9.17) is 0 Å². The van der Waals surface area contributed by atoms with Gasteiger partial charge in [-0.1, -0.05) is 42.1 Å². The van der Waals surface area contributed by atoms with E-state index in [0.29, 0.717) is 11.7 Å². The summed E-state index contributed by atoms with van der Waals surface area (Å²) in [5, 5.41) is 12.3. The van der Waals surface area contributed by atoms with Gasteiger partial charge >= 0.3 is 5.97 Å². The number of carbonyl (C=O) groups is 2. The van der Waals surface area contributed by atoms with Crippen LogP contribution in [0.5, 0.6) is 0 Å². The van der Waals surface area contributed by atoms with Gasteiger partial charge < -0.3 is 10.4 Å². The lowest BCUT2D eigenvalue weighted by atomic mass is 10.1. The Labute approximate surface area is 141 Å². The van der Waals surface area contributed by atoms with Crippen LogP contribution >= 0.6 is 11.8 Å². The molecule has 0 unspecified atom stereocenters. The highest BCUT2D eigenvalue weighted by atomic mass is 32.2. The van der Waals surface area contributed by atoms with E-state index in [1.54, 1.807) is 24.3 Å². The number of aromatic nitrogens is 2. The lowest BCUT2D eigenvalue weighted by molar-refractivity contribution is -0.139. The number of amides is 1. The number of carbonyl (C=O) groups excluding carboxylic acids is 1. The molecule has 8 heteroatoms. The van der Waals surface area contributed by atoms with Crippen LogP contribution in [-0.4, -0.2) is 38.3 Å². The molecule has 2 heterocycles. The maximum absolute atomic E-state index is 12.3. The molecule has 24 heavy (non-hydrogen) atoms. The minimum atomic E-state index is -1.16. The minimum absolute atomic E-state index is 0.136. The van der Waals surface area contributed by atoms with Crippen LogP contribution in [-0.2, 0) is 17.8 Å². The third-order valence-corrected chi connectivity index (χ3v) is 4.66. The molecular weight excluding hydrogens is 330 g/mol. The van der Waals surface area contributed by atoms with Crippen LogP contribution in [0, 0.1) is 0 Å². The van der Waals surface area contributed by atoms with Crippen molar-refractivity contribution in [2.75, 3.05) is 5.75 Å². The first-order valence-corrected chi connectivity index (χ1v) is 8.35. The van der Waals surface area contributed by atoms with Gasteiger partial charge in [0.05, 0.1) is 0 Å². The molecule has 1 aromatic carbocycles. The summed E-state index contributed by atoms with van der Waals surface area (Å²) in [5.41, 5.74) is 0.206. The van der Waals surface area contributed by atoms with E-state index < -0.39 is 23.5 Å². The maximum atomic E-state index is 12.3. The summed E-state index contributed by atoms with van der Waals surface area (Å²) < 4.78 is 1.44. The van der Waals surface area contributed by atoms with Gasteiger partial charge in [-0.2, -0.15) is 0 Å². The van der Waals surface area contributed by atoms with E-state index in [1.165, 1.54) is 22.5 Å². The SMILES string of the molecule is O=C(N[C@@H](Cc1ccccc1)C(=O)O)c1cnc2n(c1=O)CCS2. The zero-order valence-corrected chi connectivity index (χ0v) is 13.5. The van der Waals surface area contributed by atoms with Crippen LogP contribution < -0.4 is 10.9 Å². The first-order chi connectivity index (χ1) is 11.6. The zero-order valence-electron chi connectivity index (χ0n) is 12.6. The average molecular weight is 345 g/mol. The Hall–Kier alpha value is -2.61. The maximum Gasteiger partial charge on any atom is 0.326 e. The third-order valence-electron chi connectivity index (χ3n) is 3.69. The molecule has 1 atom stereocenters. The van der Waals surface area contributed by atoms with Gasteiger partial charge in [-0.15, -0.1) is 0 Å². The quantitative estimate of drug-likeness (QED) is 0.777. The molecule has 1 aliphatic heterocycles. The number of benzene rings is 1. The molecule has 0 spiro atoms. The van der Waals surface area contributed by atoms with Crippen LogP contribution in [0.25, 0.3) is 0 Å². The average Bonchev–Trinajstić information content (AvgIpc) is 3.05. The van der Waals surface area contributed by atoms with Gasteiger partial charge in [0, 0.05) is 24.9 Å². The van der Waals surface area contributed by atoms with Gasteiger partial charge in [-0.25, -0.2) is 9.78 Å². The molecule has 0 aliphatic carbocycles. The number of nitrogens with one attached hydrogen (secondary N) is 1. The van der Waals surface area contributed by atoms with Gasteiger partial charge in [-0.05, 0) is 5.56 Å².